The molecule has 3 heterocycles. The lowest BCUT2D eigenvalue weighted by Gasteiger charge is -2.44. The first-order valence-corrected chi connectivity index (χ1v) is 16.2. The summed E-state index contributed by atoms with van der Waals surface area (Å²) in [5.41, 5.74) is -0.241. The van der Waals surface area contributed by atoms with Gasteiger partial charge in [0.1, 0.15) is 5.75 Å². The number of benzene rings is 2. The number of halogens is 6. The van der Waals surface area contributed by atoms with E-state index in [4.69, 9.17) is 4.65 Å². The molecule has 3 aliphatic rings. The molecule has 262 valence electrons. The van der Waals surface area contributed by atoms with Crippen LogP contribution in [0.15, 0.2) is 78.0 Å². The number of allylic oxidation sites excluding steroid dienone is 2. The first-order valence-electron chi connectivity index (χ1n) is 16.2. The number of phenolic OH excluding ortho intramolecular Hbond substituents is 1. The third kappa shape index (κ3) is 6.95. The van der Waals surface area contributed by atoms with Crippen LogP contribution in [-0.4, -0.2) is 40.2 Å². The molecule has 50 heavy (non-hydrogen) atoms. The monoisotopic (exact) mass is 698 g/mol. The number of aromatic nitrogens is 1. The molecule has 3 aromatic rings. The van der Waals surface area contributed by atoms with Gasteiger partial charge in [-0.2, -0.15) is 26.3 Å². The molecule has 0 unspecified atom stereocenters. The highest BCUT2D eigenvalue weighted by molar-refractivity contribution is 6.43. The molecule has 2 fully saturated rings. The molecule has 0 saturated carbocycles. The van der Waals surface area contributed by atoms with E-state index < -0.39 is 72.0 Å². The number of rotatable bonds is 7. The van der Waals surface area contributed by atoms with Crippen LogP contribution in [0.2, 0.25) is 6.32 Å². The van der Waals surface area contributed by atoms with Crippen molar-refractivity contribution in [1.82, 2.24) is 4.98 Å². The molecule has 2 aliphatic heterocycles. The molecule has 14 heteroatoms. The van der Waals surface area contributed by atoms with E-state index in [1.165, 1.54) is 0 Å². The minimum absolute atomic E-state index is 0.0487. The fourth-order valence-electron chi connectivity index (χ4n) is 7.46. The molecule has 0 bridgehead atoms. The summed E-state index contributed by atoms with van der Waals surface area (Å²) in [4.78, 5) is 32.8. The molecule has 1 aromatic heterocycles. The van der Waals surface area contributed by atoms with Gasteiger partial charge in [-0.1, -0.05) is 37.6 Å². The molecular weight excluding hydrogens is 665 g/mol. The molecule has 4 atom stereocenters. The minimum Gasteiger partial charge on any atom is -0.508 e. The lowest BCUT2D eigenvalue weighted by atomic mass is 9.57. The number of aromatic hydroxyl groups is 1. The molecule has 1 aliphatic carbocycles. The molecule has 7 nitrogen and oxygen atoms in total. The Kier molecular flexibility index (Phi) is 9.46. The van der Waals surface area contributed by atoms with E-state index in [1.807, 2.05) is 32.1 Å². The number of hydrogen-bond donors (Lipinski definition) is 2. The van der Waals surface area contributed by atoms with Crippen molar-refractivity contribution in [2.24, 2.45) is 23.7 Å². The van der Waals surface area contributed by atoms with Crippen LogP contribution in [0.5, 0.6) is 5.75 Å². The Balaban J connectivity index is 1.36. The Morgan fingerprint density at radius 1 is 0.980 bits per heavy atom. The van der Waals surface area contributed by atoms with Gasteiger partial charge in [0.15, 0.2) is 0 Å². The Bertz CT molecular complexity index is 1810. The first-order chi connectivity index (χ1) is 23.5. The number of alkyl halides is 6. The van der Waals surface area contributed by atoms with Gasteiger partial charge in [-0.3, -0.25) is 14.6 Å². The van der Waals surface area contributed by atoms with Crippen molar-refractivity contribution in [2.75, 3.05) is 4.90 Å². The maximum Gasteiger partial charge on any atom is 0.455 e. The van der Waals surface area contributed by atoms with Crippen molar-refractivity contribution in [1.29, 1.82) is 0 Å². The third-order valence-electron chi connectivity index (χ3n) is 9.68. The topological polar surface area (TPSA) is 100.0 Å². The Morgan fingerprint density at radius 2 is 1.64 bits per heavy atom. The zero-order chi connectivity index (χ0) is 36.1. The average Bonchev–Trinajstić information content (AvgIpc) is 3.31. The van der Waals surface area contributed by atoms with E-state index in [9.17, 15) is 46.1 Å². The SMILES string of the molecule is CC(C)C1=C2[C@@H](CC/C(=C/c3ccc(O)cc3)c3ccccn3)OB(O)C[C@@H]2[C@@H]2C(=O)N(c3cc(C(F)(F)F)cc(C(F)(F)F)c3)C(=O)[C@@H]2C1. The summed E-state index contributed by atoms with van der Waals surface area (Å²) >= 11 is 0. The van der Waals surface area contributed by atoms with Crippen LogP contribution < -0.4 is 4.90 Å². The molecule has 0 spiro atoms. The summed E-state index contributed by atoms with van der Waals surface area (Å²) in [6.45, 7) is 3.79. The number of carbonyl (C=O) groups is 2. The smallest absolute Gasteiger partial charge is 0.455 e. The van der Waals surface area contributed by atoms with Crippen molar-refractivity contribution < 1.29 is 50.7 Å². The van der Waals surface area contributed by atoms with Crippen LogP contribution >= 0.6 is 0 Å². The van der Waals surface area contributed by atoms with Gasteiger partial charge in [0, 0.05) is 6.20 Å². The number of carbonyl (C=O) groups excluding carboxylic acids is 2. The quantitative estimate of drug-likeness (QED) is 0.113. The molecule has 2 saturated heterocycles. The maximum atomic E-state index is 14.1. The highest BCUT2D eigenvalue weighted by Crippen LogP contribution is 2.53. The van der Waals surface area contributed by atoms with E-state index in [2.05, 4.69) is 4.98 Å². The van der Waals surface area contributed by atoms with Gasteiger partial charge in [-0.15, -0.1) is 0 Å². The molecule has 0 radical (unpaired) electrons. The summed E-state index contributed by atoms with van der Waals surface area (Å²) in [5.74, 6) is -4.74. The number of pyridine rings is 1. The van der Waals surface area contributed by atoms with Gasteiger partial charge in [-0.05, 0) is 103 Å². The molecule has 2 aromatic carbocycles. The van der Waals surface area contributed by atoms with E-state index >= 15 is 0 Å². The van der Waals surface area contributed by atoms with Crippen molar-refractivity contribution in [3.63, 3.8) is 0 Å². The predicted molar refractivity (Wildman–Crippen MR) is 173 cm³/mol. The predicted octanol–water partition coefficient (Wildman–Crippen LogP) is 7.80. The number of fused-ring (bicyclic) bond motifs is 3. The lowest BCUT2D eigenvalue weighted by Crippen LogP contribution is -2.46. The van der Waals surface area contributed by atoms with E-state index in [0.717, 1.165) is 22.3 Å². The van der Waals surface area contributed by atoms with Crippen molar-refractivity contribution in [3.05, 3.63) is 100 Å². The second-order valence-corrected chi connectivity index (χ2v) is 13.2. The van der Waals surface area contributed by atoms with Crippen LogP contribution in [0.25, 0.3) is 11.6 Å². The van der Waals surface area contributed by atoms with Crippen LogP contribution in [0.3, 0.4) is 0 Å². The maximum absolute atomic E-state index is 14.1. The van der Waals surface area contributed by atoms with Crippen LogP contribution in [-0.2, 0) is 26.6 Å². The van der Waals surface area contributed by atoms with Crippen LogP contribution in [0.1, 0.15) is 55.5 Å². The van der Waals surface area contributed by atoms with E-state index in [1.54, 1.807) is 36.5 Å². The Hall–Kier alpha value is -4.43. The van der Waals surface area contributed by atoms with Crippen molar-refractivity contribution in [2.45, 2.75) is 57.9 Å². The van der Waals surface area contributed by atoms with Crippen molar-refractivity contribution >= 4 is 36.3 Å². The zero-order valence-electron chi connectivity index (χ0n) is 27.0. The number of anilines is 1. The van der Waals surface area contributed by atoms with Crippen LogP contribution in [0.4, 0.5) is 32.0 Å². The number of imide groups is 1. The highest BCUT2D eigenvalue weighted by atomic mass is 19.4. The van der Waals surface area contributed by atoms with E-state index in [0.29, 0.717) is 35.6 Å². The van der Waals surface area contributed by atoms with Gasteiger partial charge in [0.25, 0.3) is 0 Å². The Labute approximate surface area is 284 Å². The first kappa shape index (κ1) is 35.4. The molecule has 2 amide bonds. The number of amides is 2. The van der Waals surface area contributed by atoms with E-state index in [-0.39, 0.29) is 30.5 Å². The number of nitrogens with zero attached hydrogens (tertiary/aromatic N) is 2. The third-order valence-corrected chi connectivity index (χ3v) is 9.68. The molecule has 2 N–H and O–H groups in total. The highest BCUT2D eigenvalue weighted by Gasteiger charge is 2.58. The van der Waals surface area contributed by atoms with Gasteiger partial charge < -0.3 is 14.8 Å². The fraction of sp³-hybridized carbons (Fsp3) is 0.361. The molecule has 6 rings (SSSR count). The van der Waals surface area contributed by atoms with Crippen molar-refractivity contribution in [3.8, 4) is 5.75 Å². The van der Waals surface area contributed by atoms with Gasteiger partial charge in [0.05, 0.1) is 40.4 Å². The number of hydrogen-bond acceptors (Lipinski definition) is 6. The summed E-state index contributed by atoms with van der Waals surface area (Å²) in [6, 6.07) is 12.8. The van der Waals surface area contributed by atoms with Gasteiger partial charge in [-0.25, -0.2) is 4.90 Å². The second-order valence-electron chi connectivity index (χ2n) is 13.2. The standard InChI is InChI=1S/C36H33BF6N2O5/c1-19(2)26-17-27-32(34(48)45(33(27)47)24-15-22(35(38,39)40)14-23(16-24)36(41,42)43)28-18-37(49)50-30(31(26)28)11-8-21(29-5-3-4-12-44-29)13-20-6-9-25(46)10-7-20/h3-7,9-10,12-16,19,27-28,30,32,46,49H,8,11,17-18H2,1-2H3/b21-13-/t27-,28+,30-,32-/m1/s1. The lowest BCUT2D eigenvalue weighted by molar-refractivity contribution is -0.143. The van der Waals surface area contributed by atoms with Crippen LogP contribution in [0, 0.1) is 23.7 Å². The minimum atomic E-state index is -5.17. The summed E-state index contributed by atoms with van der Waals surface area (Å²) < 4.78 is 88.4. The van der Waals surface area contributed by atoms with Gasteiger partial charge in [0.2, 0.25) is 11.8 Å². The summed E-state index contributed by atoms with van der Waals surface area (Å²) in [6.07, 6.45) is -6.79. The Morgan fingerprint density at radius 3 is 2.22 bits per heavy atom. The molecular formula is C36H33BF6N2O5. The summed E-state index contributed by atoms with van der Waals surface area (Å²) in [7, 11) is -1.34. The largest absolute Gasteiger partial charge is 0.508 e. The fourth-order valence-corrected chi connectivity index (χ4v) is 7.46. The number of phenols is 1. The summed E-state index contributed by atoms with van der Waals surface area (Å²) in [5, 5.41) is 20.7. The average molecular weight is 698 g/mol. The van der Waals surface area contributed by atoms with Gasteiger partial charge >= 0.3 is 19.5 Å². The normalized spacial score (nSPS) is 23.1. The zero-order valence-corrected chi connectivity index (χ0v) is 27.0. The second kappa shape index (κ2) is 13.4.